The third-order valence-electron chi connectivity index (χ3n) is 3.90. The Morgan fingerprint density at radius 3 is 2.21 bits per heavy atom. The van der Waals surface area contributed by atoms with Gasteiger partial charge in [0, 0.05) is 17.3 Å². The number of ketones is 1. The fraction of sp³-hybridized carbons (Fsp3) is 0.333. The highest BCUT2D eigenvalue weighted by Gasteiger charge is 2.24. The SMILES string of the molecule is COc1cc(C)c(C(=O)c2c(OC)ncc(C)c2CF)cc1OC. The summed E-state index contributed by atoms with van der Waals surface area (Å²) in [7, 11) is 4.41. The normalized spacial score (nSPS) is 10.4. The van der Waals surface area contributed by atoms with Gasteiger partial charge in [0.25, 0.3) is 0 Å². The van der Waals surface area contributed by atoms with Gasteiger partial charge in [0.15, 0.2) is 17.3 Å². The topological polar surface area (TPSA) is 57.7 Å². The molecule has 6 heteroatoms. The smallest absolute Gasteiger partial charge is 0.224 e. The van der Waals surface area contributed by atoms with Crippen LogP contribution in [0.25, 0.3) is 0 Å². The first-order valence-electron chi connectivity index (χ1n) is 7.34. The van der Waals surface area contributed by atoms with E-state index in [0.29, 0.717) is 28.2 Å². The van der Waals surface area contributed by atoms with E-state index in [-0.39, 0.29) is 22.8 Å². The number of nitrogens with zero attached hydrogens (tertiary/aromatic N) is 1. The van der Waals surface area contributed by atoms with Crippen molar-refractivity contribution in [3.05, 3.63) is 46.1 Å². The molecule has 1 heterocycles. The number of pyridine rings is 1. The molecule has 0 N–H and O–H groups in total. The van der Waals surface area contributed by atoms with Crippen molar-refractivity contribution < 1.29 is 23.4 Å². The summed E-state index contributed by atoms with van der Waals surface area (Å²) in [5.74, 6) is 0.681. The van der Waals surface area contributed by atoms with Crippen LogP contribution in [0.5, 0.6) is 17.4 Å². The Hall–Kier alpha value is -2.63. The largest absolute Gasteiger partial charge is 0.493 e. The molecule has 2 rings (SSSR count). The maximum absolute atomic E-state index is 13.5. The molecule has 0 aliphatic rings. The van der Waals surface area contributed by atoms with Crippen LogP contribution in [0.2, 0.25) is 0 Å². The highest BCUT2D eigenvalue weighted by molar-refractivity contribution is 6.12. The molecule has 0 fully saturated rings. The predicted octanol–water partition coefficient (Wildman–Crippen LogP) is 3.42. The van der Waals surface area contributed by atoms with Crippen LogP contribution in [0.1, 0.15) is 32.6 Å². The molecular formula is C18H20FNO4. The van der Waals surface area contributed by atoms with Gasteiger partial charge in [0.1, 0.15) is 6.67 Å². The minimum atomic E-state index is -0.780. The molecule has 0 spiro atoms. The van der Waals surface area contributed by atoms with Crippen LogP contribution in [0.4, 0.5) is 4.39 Å². The van der Waals surface area contributed by atoms with E-state index in [4.69, 9.17) is 14.2 Å². The first kappa shape index (κ1) is 17.7. The van der Waals surface area contributed by atoms with Crippen LogP contribution in [0.3, 0.4) is 0 Å². The monoisotopic (exact) mass is 333 g/mol. The second kappa shape index (κ2) is 7.29. The van der Waals surface area contributed by atoms with E-state index < -0.39 is 6.67 Å². The molecule has 0 bridgehead atoms. The fourth-order valence-electron chi connectivity index (χ4n) is 2.55. The van der Waals surface area contributed by atoms with Crippen LogP contribution in [-0.4, -0.2) is 32.1 Å². The summed E-state index contributed by atoms with van der Waals surface area (Å²) in [6, 6.07) is 3.29. The first-order valence-corrected chi connectivity index (χ1v) is 7.34. The zero-order valence-corrected chi connectivity index (χ0v) is 14.4. The van der Waals surface area contributed by atoms with Crippen molar-refractivity contribution >= 4 is 5.78 Å². The zero-order valence-electron chi connectivity index (χ0n) is 14.4. The van der Waals surface area contributed by atoms with Gasteiger partial charge in [-0.25, -0.2) is 9.37 Å². The van der Waals surface area contributed by atoms with Gasteiger partial charge in [-0.15, -0.1) is 0 Å². The fourth-order valence-corrected chi connectivity index (χ4v) is 2.55. The maximum Gasteiger partial charge on any atom is 0.224 e. The minimum absolute atomic E-state index is 0.104. The number of alkyl halides is 1. The minimum Gasteiger partial charge on any atom is -0.493 e. The summed E-state index contributed by atoms with van der Waals surface area (Å²) in [4.78, 5) is 17.2. The van der Waals surface area contributed by atoms with Crippen molar-refractivity contribution in [1.29, 1.82) is 0 Å². The standard InChI is InChI=1S/C18H20FNO4/c1-10-6-14(22-3)15(23-4)7-12(10)17(21)16-13(8-19)11(2)9-20-18(16)24-5/h6-7,9H,8H2,1-5H3. The third kappa shape index (κ3) is 3.04. The molecule has 1 aromatic heterocycles. The lowest BCUT2D eigenvalue weighted by Crippen LogP contribution is -2.12. The summed E-state index contributed by atoms with van der Waals surface area (Å²) in [5, 5.41) is 0. The number of benzene rings is 1. The molecule has 0 amide bonds. The van der Waals surface area contributed by atoms with E-state index in [1.165, 1.54) is 27.5 Å². The number of aromatic nitrogens is 1. The summed E-state index contributed by atoms with van der Waals surface area (Å²) in [5.41, 5.74) is 2.08. The summed E-state index contributed by atoms with van der Waals surface area (Å²) < 4.78 is 29.2. The van der Waals surface area contributed by atoms with Gasteiger partial charge in [-0.3, -0.25) is 4.79 Å². The van der Waals surface area contributed by atoms with Crippen LogP contribution in [-0.2, 0) is 6.67 Å². The van der Waals surface area contributed by atoms with Crippen molar-refractivity contribution in [2.75, 3.05) is 21.3 Å². The van der Waals surface area contributed by atoms with E-state index >= 15 is 0 Å². The third-order valence-corrected chi connectivity index (χ3v) is 3.90. The Balaban J connectivity index is 2.68. The lowest BCUT2D eigenvalue weighted by molar-refractivity contribution is 0.103. The Morgan fingerprint density at radius 1 is 1.04 bits per heavy atom. The van der Waals surface area contributed by atoms with Gasteiger partial charge >= 0.3 is 0 Å². The molecule has 0 atom stereocenters. The summed E-state index contributed by atoms with van der Waals surface area (Å²) >= 11 is 0. The number of methoxy groups -OCH3 is 3. The van der Waals surface area contributed by atoms with Gasteiger partial charge < -0.3 is 14.2 Å². The molecule has 1 aromatic carbocycles. The van der Waals surface area contributed by atoms with Gasteiger partial charge in [-0.1, -0.05) is 0 Å². The molecule has 0 radical (unpaired) electrons. The Morgan fingerprint density at radius 2 is 1.67 bits per heavy atom. The van der Waals surface area contributed by atoms with Crippen molar-refractivity contribution in [1.82, 2.24) is 4.98 Å². The van der Waals surface area contributed by atoms with Crippen molar-refractivity contribution in [2.45, 2.75) is 20.5 Å². The molecule has 0 saturated heterocycles. The van der Waals surface area contributed by atoms with E-state index in [9.17, 15) is 9.18 Å². The van der Waals surface area contributed by atoms with Gasteiger partial charge in [-0.05, 0) is 37.1 Å². The number of hydrogen-bond donors (Lipinski definition) is 0. The second-order valence-corrected chi connectivity index (χ2v) is 5.29. The van der Waals surface area contributed by atoms with Crippen molar-refractivity contribution in [3.8, 4) is 17.4 Å². The lowest BCUT2D eigenvalue weighted by Gasteiger charge is -2.15. The second-order valence-electron chi connectivity index (χ2n) is 5.29. The zero-order chi connectivity index (χ0) is 17.9. The van der Waals surface area contributed by atoms with Gasteiger partial charge in [-0.2, -0.15) is 0 Å². The van der Waals surface area contributed by atoms with Crippen molar-refractivity contribution in [2.24, 2.45) is 0 Å². The number of aryl methyl sites for hydroxylation is 2. The number of carbonyl (C=O) groups is 1. The van der Waals surface area contributed by atoms with Crippen LogP contribution < -0.4 is 14.2 Å². The summed E-state index contributed by atoms with van der Waals surface area (Å²) in [6.45, 7) is 2.71. The number of rotatable bonds is 6. The maximum atomic E-state index is 13.5. The van der Waals surface area contributed by atoms with Crippen LogP contribution >= 0.6 is 0 Å². The predicted molar refractivity (Wildman–Crippen MR) is 88.1 cm³/mol. The Kier molecular flexibility index (Phi) is 5.39. The number of hydrogen-bond acceptors (Lipinski definition) is 5. The lowest BCUT2D eigenvalue weighted by atomic mass is 9.94. The average Bonchev–Trinajstić information content (AvgIpc) is 2.60. The Labute approximate surface area is 140 Å². The molecule has 0 saturated carbocycles. The average molecular weight is 333 g/mol. The molecule has 128 valence electrons. The number of carbonyl (C=O) groups excluding carboxylic acids is 1. The molecule has 0 aliphatic carbocycles. The quantitative estimate of drug-likeness (QED) is 0.758. The van der Waals surface area contributed by atoms with E-state index in [2.05, 4.69) is 4.98 Å². The van der Waals surface area contributed by atoms with Gasteiger partial charge in [0.2, 0.25) is 5.88 Å². The molecule has 0 aliphatic heterocycles. The molecule has 24 heavy (non-hydrogen) atoms. The number of ether oxygens (including phenoxy) is 3. The summed E-state index contributed by atoms with van der Waals surface area (Å²) in [6.07, 6.45) is 1.49. The van der Waals surface area contributed by atoms with E-state index in [1.807, 2.05) is 0 Å². The number of halogens is 1. The molecule has 5 nitrogen and oxygen atoms in total. The molecule has 2 aromatic rings. The van der Waals surface area contributed by atoms with Crippen molar-refractivity contribution in [3.63, 3.8) is 0 Å². The van der Waals surface area contributed by atoms with Crippen LogP contribution in [0.15, 0.2) is 18.3 Å². The highest BCUT2D eigenvalue weighted by Crippen LogP contribution is 2.33. The van der Waals surface area contributed by atoms with Gasteiger partial charge in [0.05, 0.1) is 26.9 Å². The molecular weight excluding hydrogens is 313 g/mol. The highest BCUT2D eigenvalue weighted by atomic mass is 19.1. The first-order chi connectivity index (χ1) is 11.5. The Bertz CT molecular complexity index is 774. The van der Waals surface area contributed by atoms with E-state index in [1.54, 1.807) is 26.0 Å². The van der Waals surface area contributed by atoms with E-state index in [0.717, 1.165) is 0 Å². The molecule has 0 unspecified atom stereocenters. The van der Waals surface area contributed by atoms with Crippen LogP contribution in [0, 0.1) is 13.8 Å².